The number of rotatable bonds is 7. The molecule has 0 unspecified atom stereocenters. The molecule has 0 saturated heterocycles. The van der Waals surface area contributed by atoms with Crippen LogP contribution in [0.1, 0.15) is 45.7 Å². The largest absolute Gasteiger partial charge is 0.478 e. The molecule has 0 spiro atoms. The second kappa shape index (κ2) is 9.75. The maximum Gasteiger partial charge on any atom is 0.336 e. The van der Waals surface area contributed by atoms with Crippen molar-refractivity contribution >= 4 is 11.9 Å². The first kappa shape index (κ1) is 23.0. The Labute approximate surface area is 199 Å². The molecule has 0 aliphatic carbocycles. The average molecular weight is 451 g/mol. The number of carboxylic acids is 2. The van der Waals surface area contributed by atoms with Crippen molar-refractivity contribution in [2.24, 2.45) is 0 Å². The van der Waals surface area contributed by atoms with Gasteiger partial charge in [0.2, 0.25) is 0 Å². The molecule has 0 aliphatic heterocycles. The van der Waals surface area contributed by atoms with Crippen LogP contribution in [0.25, 0.3) is 33.4 Å². The number of carboxylic acid groups (broad SMARTS) is 2. The molecule has 0 aromatic heterocycles. The maximum atomic E-state index is 12.2. The summed E-state index contributed by atoms with van der Waals surface area (Å²) in [6, 6.07) is 26.1. The molecule has 4 aromatic carbocycles. The zero-order valence-corrected chi connectivity index (χ0v) is 19.2. The zero-order valence-electron chi connectivity index (χ0n) is 19.2. The summed E-state index contributed by atoms with van der Waals surface area (Å²) in [5.74, 6) is -2.03. The van der Waals surface area contributed by atoms with Gasteiger partial charge in [-0.05, 0) is 69.5 Å². The summed E-state index contributed by atoms with van der Waals surface area (Å²) in [6.07, 6.45) is 1.31. The third kappa shape index (κ3) is 4.11. The molecule has 4 heteroatoms. The summed E-state index contributed by atoms with van der Waals surface area (Å²) in [6.45, 7) is 4.09. The summed E-state index contributed by atoms with van der Waals surface area (Å²) >= 11 is 0. The van der Waals surface area contributed by atoms with Crippen molar-refractivity contribution in [3.8, 4) is 33.4 Å². The van der Waals surface area contributed by atoms with Crippen LogP contribution in [0.5, 0.6) is 0 Å². The van der Waals surface area contributed by atoms with E-state index in [1.807, 2.05) is 68.4 Å². The van der Waals surface area contributed by atoms with E-state index in [-0.39, 0.29) is 11.1 Å². The Morgan fingerprint density at radius 2 is 1.12 bits per heavy atom. The Balaban J connectivity index is 2.23. The van der Waals surface area contributed by atoms with Gasteiger partial charge >= 0.3 is 11.9 Å². The fourth-order valence-electron chi connectivity index (χ4n) is 4.68. The van der Waals surface area contributed by atoms with Crippen molar-refractivity contribution in [1.29, 1.82) is 0 Å². The van der Waals surface area contributed by atoms with E-state index in [0.717, 1.165) is 33.4 Å². The lowest BCUT2D eigenvalue weighted by Gasteiger charge is -2.24. The molecule has 0 amide bonds. The Morgan fingerprint density at radius 3 is 1.62 bits per heavy atom. The molecular weight excluding hydrogens is 424 g/mol. The van der Waals surface area contributed by atoms with Crippen molar-refractivity contribution in [2.45, 2.75) is 26.7 Å². The van der Waals surface area contributed by atoms with Crippen molar-refractivity contribution in [3.05, 3.63) is 107 Å². The number of hydrogen-bond donors (Lipinski definition) is 2. The van der Waals surface area contributed by atoms with Gasteiger partial charge < -0.3 is 10.2 Å². The van der Waals surface area contributed by atoms with Crippen LogP contribution in [0.4, 0.5) is 0 Å². The fourth-order valence-corrected chi connectivity index (χ4v) is 4.68. The minimum atomic E-state index is -1.02. The number of carbonyl (C=O) groups is 2. The molecule has 0 bridgehead atoms. The van der Waals surface area contributed by atoms with Crippen LogP contribution in [-0.2, 0) is 12.8 Å². The quantitative estimate of drug-likeness (QED) is 0.312. The minimum absolute atomic E-state index is 0.193. The highest BCUT2D eigenvalue weighted by Crippen LogP contribution is 2.45. The van der Waals surface area contributed by atoms with Gasteiger partial charge in [0.05, 0.1) is 11.1 Å². The lowest BCUT2D eigenvalue weighted by atomic mass is 9.79. The predicted octanol–water partition coefficient (Wildman–Crippen LogP) is 7.21. The van der Waals surface area contributed by atoms with Gasteiger partial charge in [0, 0.05) is 0 Å². The summed E-state index contributed by atoms with van der Waals surface area (Å²) in [5, 5.41) is 20.0. The van der Waals surface area contributed by atoms with Gasteiger partial charge in [-0.25, -0.2) is 9.59 Å². The smallest absolute Gasteiger partial charge is 0.336 e. The van der Waals surface area contributed by atoms with Crippen LogP contribution in [0.15, 0.2) is 84.9 Å². The minimum Gasteiger partial charge on any atom is -0.478 e. The van der Waals surface area contributed by atoms with Gasteiger partial charge in [0.1, 0.15) is 0 Å². The number of hydrogen-bond acceptors (Lipinski definition) is 2. The van der Waals surface area contributed by atoms with Crippen molar-refractivity contribution in [2.75, 3.05) is 0 Å². The van der Waals surface area contributed by atoms with Gasteiger partial charge in [0.15, 0.2) is 0 Å². The van der Waals surface area contributed by atoms with Crippen LogP contribution in [0, 0.1) is 0 Å². The summed E-state index contributed by atoms with van der Waals surface area (Å²) in [7, 11) is 0. The highest BCUT2D eigenvalue weighted by Gasteiger charge is 2.25. The second-order valence-corrected chi connectivity index (χ2v) is 8.09. The molecule has 4 rings (SSSR count). The van der Waals surface area contributed by atoms with Crippen molar-refractivity contribution in [1.82, 2.24) is 0 Å². The maximum absolute atomic E-state index is 12.2. The molecule has 2 N–H and O–H groups in total. The van der Waals surface area contributed by atoms with Crippen LogP contribution >= 0.6 is 0 Å². The lowest BCUT2D eigenvalue weighted by molar-refractivity contribution is 0.0686. The standard InChI is InChI=1S/C30H26O4/c1-3-19-18-26(20-12-6-5-7-13-20)21(4-2)28(23-15-9-11-17-25(23)30(33)34)27(19)22-14-8-10-16-24(22)29(31)32/h5-18H,3-4H2,1-2H3,(H,31,32)(H,33,34). The first-order chi connectivity index (χ1) is 16.5. The molecule has 0 heterocycles. The number of aromatic carboxylic acids is 2. The normalized spacial score (nSPS) is 10.8. The predicted molar refractivity (Wildman–Crippen MR) is 135 cm³/mol. The SMILES string of the molecule is CCc1cc(-c2ccccc2)c(CC)c(-c2ccccc2C(=O)O)c1-c1ccccc1C(=O)O. The van der Waals surface area contributed by atoms with Gasteiger partial charge in [-0.1, -0.05) is 86.6 Å². The molecular formula is C30H26O4. The molecule has 4 aromatic rings. The molecule has 170 valence electrons. The lowest BCUT2D eigenvalue weighted by Crippen LogP contribution is -2.07. The molecule has 4 nitrogen and oxygen atoms in total. The van der Waals surface area contributed by atoms with Gasteiger partial charge in [-0.2, -0.15) is 0 Å². The van der Waals surface area contributed by atoms with E-state index in [9.17, 15) is 19.8 Å². The first-order valence-electron chi connectivity index (χ1n) is 11.4. The van der Waals surface area contributed by atoms with Gasteiger partial charge in [-0.3, -0.25) is 0 Å². The van der Waals surface area contributed by atoms with E-state index < -0.39 is 11.9 Å². The zero-order chi connectivity index (χ0) is 24.2. The Morgan fingerprint density at radius 1 is 0.618 bits per heavy atom. The van der Waals surface area contributed by atoms with E-state index in [1.54, 1.807) is 24.3 Å². The fraction of sp³-hybridized carbons (Fsp3) is 0.133. The third-order valence-corrected chi connectivity index (χ3v) is 6.19. The summed E-state index contributed by atoms with van der Waals surface area (Å²) < 4.78 is 0. The van der Waals surface area contributed by atoms with Crippen molar-refractivity contribution in [3.63, 3.8) is 0 Å². The Hall–Kier alpha value is -4.18. The first-order valence-corrected chi connectivity index (χ1v) is 11.4. The summed E-state index contributed by atoms with van der Waals surface area (Å²) in [5.41, 5.74) is 7.18. The highest BCUT2D eigenvalue weighted by atomic mass is 16.4. The highest BCUT2D eigenvalue weighted by molar-refractivity contribution is 6.05. The molecule has 0 aliphatic rings. The van der Waals surface area contributed by atoms with E-state index >= 15 is 0 Å². The third-order valence-electron chi connectivity index (χ3n) is 6.19. The van der Waals surface area contributed by atoms with E-state index in [4.69, 9.17) is 0 Å². The molecule has 0 radical (unpaired) electrons. The van der Waals surface area contributed by atoms with Crippen LogP contribution in [0.2, 0.25) is 0 Å². The molecule has 0 atom stereocenters. The van der Waals surface area contributed by atoms with Crippen LogP contribution in [0.3, 0.4) is 0 Å². The monoisotopic (exact) mass is 450 g/mol. The topological polar surface area (TPSA) is 74.6 Å². The molecule has 0 fully saturated rings. The average Bonchev–Trinajstić information content (AvgIpc) is 2.87. The number of aryl methyl sites for hydroxylation is 1. The van der Waals surface area contributed by atoms with Gasteiger partial charge in [-0.15, -0.1) is 0 Å². The Bertz CT molecular complexity index is 1370. The van der Waals surface area contributed by atoms with E-state index in [2.05, 4.69) is 6.07 Å². The van der Waals surface area contributed by atoms with Crippen molar-refractivity contribution < 1.29 is 19.8 Å². The van der Waals surface area contributed by atoms with Crippen LogP contribution < -0.4 is 0 Å². The van der Waals surface area contributed by atoms with Gasteiger partial charge in [0.25, 0.3) is 0 Å². The Kier molecular flexibility index (Phi) is 6.60. The van der Waals surface area contributed by atoms with E-state index in [1.165, 1.54) is 0 Å². The summed E-state index contributed by atoms with van der Waals surface area (Å²) in [4.78, 5) is 24.4. The number of benzene rings is 4. The second-order valence-electron chi connectivity index (χ2n) is 8.09. The molecule has 34 heavy (non-hydrogen) atoms. The van der Waals surface area contributed by atoms with E-state index in [0.29, 0.717) is 24.0 Å². The van der Waals surface area contributed by atoms with Crippen LogP contribution in [-0.4, -0.2) is 22.2 Å². The molecule has 0 saturated carbocycles.